The number of nitrogens with two attached hydrogens (primary N) is 2. The molecule has 42 heavy (non-hydrogen) atoms. The normalized spacial score (nSPS) is 13.8. The van der Waals surface area contributed by atoms with Crippen molar-refractivity contribution in [3.63, 3.8) is 0 Å². The number of hydrazone groups is 1. The Morgan fingerprint density at radius 2 is 1.40 bits per heavy atom. The van der Waals surface area contributed by atoms with Crippen LogP contribution in [0.3, 0.4) is 0 Å². The summed E-state index contributed by atoms with van der Waals surface area (Å²) in [5, 5.41) is 14.9. The van der Waals surface area contributed by atoms with Crippen molar-refractivity contribution >= 4 is 17.6 Å². The highest BCUT2D eigenvalue weighted by molar-refractivity contribution is 5.85. The smallest absolute Gasteiger partial charge is 0.122 e. The molecule has 0 spiro atoms. The fraction of sp³-hybridized carbons (Fsp3) is 0.243. The van der Waals surface area contributed by atoms with Crippen LogP contribution in [0, 0.1) is 11.3 Å². The van der Waals surface area contributed by atoms with E-state index in [4.69, 9.17) is 16.7 Å². The lowest BCUT2D eigenvalue weighted by molar-refractivity contribution is 0.706. The second-order valence-electron chi connectivity index (χ2n) is 10.1. The number of benzene rings is 4. The number of para-hydroxylation sites is 1. The van der Waals surface area contributed by atoms with Crippen LogP contribution in [0.2, 0.25) is 0 Å². The summed E-state index contributed by atoms with van der Waals surface area (Å²) < 4.78 is 0. The van der Waals surface area contributed by atoms with Gasteiger partial charge in [-0.15, -0.1) is 0 Å². The van der Waals surface area contributed by atoms with Gasteiger partial charge >= 0.3 is 0 Å². The van der Waals surface area contributed by atoms with Crippen molar-refractivity contribution in [1.82, 2.24) is 0 Å². The Hall–Kier alpha value is -4.66. The number of anilines is 1. The lowest BCUT2D eigenvalue weighted by Crippen LogP contribution is -2.18. The van der Waals surface area contributed by atoms with Crippen molar-refractivity contribution < 1.29 is 0 Å². The first-order valence-electron chi connectivity index (χ1n) is 14.7. The van der Waals surface area contributed by atoms with Gasteiger partial charge in [-0.2, -0.15) is 10.4 Å². The summed E-state index contributed by atoms with van der Waals surface area (Å²) in [4.78, 5) is 0. The zero-order chi connectivity index (χ0) is 30.0. The Balaban J connectivity index is 0.000000196. The number of aryl methyl sites for hydroxylation is 2. The summed E-state index contributed by atoms with van der Waals surface area (Å²) in [5.41, 5.74) is 18.7. The molecule has 1 aliphatic heterocycles. The van der Waals surface area contributed by atoms with Crippen molar-refractivity contribution in [2.24, 2.45) is 16.6 Å². The summed E-state index contributed by atoms with van der Waals surface area (Å²) in [5.74, 6) is 0.699. The van der Waals surface area contributed by atoms with Crippen molar-refractivity contribution in [2.45, 2.75) is 58.5 Å². The number of hydrogen-bond acceptors (Lipinski definition) is 5. The monoisotopic (exact) mass is 557 g/mol. The van der Waals surface area contributed by atoms with Gasteiger partial charge in [-0.3, -0.25) is 5.01 Å². The topological polar surface area (TPSA) is 91.4 Å². The maximum absolute atomic E-state index is 8.36. The third-order valence-corrected chi connectivity index (χ3v) is 6.75. The Labute approximate surface area is 251 Å². The number of rotatable bonds is 8. The quantitative estimate of drug-likeness (QED) is 0.214. The molecule has 4 aromatic carbocycles. The molecule has 5 heteroatoms. The predicted octanol–water partition coefficient (Wildman–Crippen LogP) is 8.18. The van der Waals surface area contributed by atoms with Gasteiger partial charge in [0.05, 0.1) is 17.8 Å². The molecule has 1 heterocycles. The van der Waals surface area contributed by atoms with Gasteiger partial charge in [0.2, 0.25) is 0 Å². The molecule has 0 saturated heterocycles. The van der Waals surface area contributed by atoms with E-state index in [1.807, 2.05) is 77.8 Å². The summed E-state index contributed by atoms with van der Waals surface area (Å²) in [6.45, 7) is 5.01. The van der Waals surface area contributed by atoms with E-state index in [1.54, 1.807) is 0 Å². The molecule has 216 valence electrons. The van der Waals surface area contributed by atoms with Crippen LogP contribution in [0.4, 0.5) is 5.69 Å². The van der Waals surface area contributed by atoms with Crippen LogP contribution in [0.1, 0.15) is 67.0 Å². The minimum absolute atomic E-state index is 0.198. The van der Waals surface area contributed by atoms with Crippen LogP contribution in [-0.4, -0.2) is 5.84 Å². The van der Waals surface area contributed by atoms with Gasteiger partial charge in [0.25, 0.3) is 0 Å². The predicted molar refractivity (Wildman–Crippen MR) is 178 cm³/mol. The van der Waals surface area contributed by atoms with Crippen LogP contribution < -0.4 is 16.5 Å². The van der Waals surface area contributed by atoms with Crippen LogP contribution in [0.5, 0.6) is 0 Å². The van der Waals surface area contributed by atoms with E-state index in [0.29, 0.717) is 12.4 Å². The van der Waals surface area contributed by atoms with Gasteiger partial charge in [-0.25, -0.2) is 0 Å². The average Bonchev–Trinajstić information content (AvgIpc) is 3.44. The molecule has 0 bridgehead atoms. The molecular formula is C37H43N5. The van der Waals surface area contributed by atoms with Crippen LogP contribution in [0.15, 0.2) is 120 Å². The summed E-state index contributed by atoms with van der Waals surface area (Å²) in [6.07, 6.45) is 8.66. The van der Waals surface area contributed by atoms with Crippen molar-refractivity contribution in [3.05, 3.63) is 143 Å². The average molecular weight is 558 g/mol. The van der Waals surface area contributed by atoms with Crippen LogP contribution in [0.25, 0.3) is 6.08 Å². The maximum Gasteiger partial charge on any atom is 0.122 e. The van der Waals surface area contributed by atoms with E-state index < -0.39 is 0 Å². The van der Waals surface area contributed by atoms with Crippen molar-refractivity contribution in [2.75, 3.05) is 5.01 Å². The lowest BCUT2D eigenvalue weighted by atomic mass is 9.99. The standard InChI is InChI=1S/C18H21N3.C12H13N.C7H9N/c1-2-7-14-8-6-9-15(12-14)17-13-18(19)20-21(17)16-10-4-3-5-11-16;1-2-5-11-6-3-7-12(10-11)8-4-9-13;8-6-7-4-2-1-3-5-7/h3-6,8-12,17H,2,7,13H2,1H3,(H2,19,20);3-4,6-8,10H,2,5H2,1H3;1-5H,6,8H2. The molecule has 0 fully saturated rings. The number of nitriles is 1. The van der Waals surface area contributed by atoms with Gasteiger partial charge in [-0.05, 0) is 58.9 Å². The number of hydrogen-bond donors (Lipinski definition) is 2. The summed E-state index contributed by atoms with van der Waals surface area (Å²) >= 11 is 0. The summed E-state index contributed by atoms with van der Waals surface area (Å²) in [6, 6.07) is 39.5. The Morgan fingerprint density at radius 1 is 0.810 bits per heavy atom. The first-order chi connectivity index (χ1) is 20.6. The Morgan fingerprint density at radius 3 is 2.00 bits per heavy atom. The van der Waals surface area contributed by atoms with Gasteiger partial charge in [0.15, 0.2) is 0 Å². The third kappa shape index (κ3) is 10.4. The van der Waals surface area contributed by atoms with E-state index in [-0.39, 0.29) is 6.04 Å². The molecule has 0 aliphatic carbocycles. The fourth-order valence-electron chi connectivity index (χ4n) is 4.74. The van der Waals surface area contributed by atoms with Crippen molar-refractivity contribution in [1.29, 1.82) is 5.26 Å². The highest BCUT2D eigenvalue weighted by Crippen LogP contribution is 2.34. The lowest BCUT2D eigenvalue weighted by Gasteiger charge is -2.24. The van der Waals surface area contributed by atoms with E-state index in [0.717, 1.165) is 43.4 Å². The molecule has 0 saturated carbocycles. The minimum Gasteiger partial charge on any atom is -0.386 e. The molecular weight excluding hydrogens is 514 g/mol. The van der Waals surface area contributed by atoms with E-state index >= 15 is 0 Å². The van der Waals surface area contributed by atoms with Crippen LogP contribution >= 0.6 is 0 Å². The second kappa shape index (κ2) is 17.9. The molecule has 0 amide bonds. The molecule has 1 atom stereocenters. The third-order valence-electron chi connectivity index (χ3n) is 6.75. The van der Waals surface area contributed by atoms with Gasteiger partial charge < -0.3 is 11.5 Å². The fourth-order valence-corrected chi connectivity index (χ4v) is 4.74. The van der Waals surface area contributed by atoms with Crippen molar-refractivity contribution in [3.8, 4) is 6.07 Å². The molecule has 1 aliphatic rings. The first-order valence-corrected chi connectivity index (χ1v) is 14.7. The largest absolute Gasteiger partial charge is 0.386 e. The second-order valence-corrected chi connectivity index (χ2v) is 10.1. The number of nitrogens with zero attached hydrogens (tertiary/aromatic N) is 3. The minimum atomic E-state index is 0.198. The Bertz CT molecular complexity index is 1440. The number of allylic oxidation sites excluding steroid dienone is 1. The molecule has 5 nitrogen and oxygen atoms in total. The van der Waals surface area contributed by atoms with E-state index in [1.165, 1.54) is 28.3 Å². The molecule has 0 aromatic heterocycles. The van der Waals surface area contributed by atoms with Gasteiger partial charge in [0.1, 0.15) is 5.84 Å². The highest BCUT2D eigenvalue weighted by Gasteiger charge is 2.27. The molecule has 0 radical (unpaired) electrons. The first kappa shape index (κ1) is 31.9. The molecule has 4 N–H and O–H groups in total. The highest BCUT2D eigenvalue weighted by atomic mass is 15.5. The Kier molecular flexibility index (Phi) is 13.6. The molecule has 1 unspecified atom stereocenters. The SMILES string of the molecule is CCCc1cccc(C2CC(N)=NN2c2ccccc2)c1.CCCc1cccc(C=CC#N)c1.NCc1ccccc1. The zero-order valence-electron chi connectivity index (χ0n) is 24.9. The van der Waals surface area contributed by atoms with E-state index in [2.05, 4.69) is 67.5 Å². The van der Waals surface area contributed by atoms with E-state index in [9.17, 15) is 0 Å². The van der Waals surface area contributed by atoms with Gasteiger partial charge in [-0.1, -0.05) is 124 Å². The number of amidine groups is 1. The van der Waals surface area contributed by atoms with Crippen LogP contribution in [-0.2, 0) is 19.4 Å². The van der Waals surface area contributed by atoms with Gasteiger partial charge in [0, 0.05) is 19.0 Å². The maximum atomic E-state index is 8.36. The summed E-state index contributed by atoms with van der Waals surface area (Å²) in [7, 11) is 0. The molecule has 4 aromatic rings. The molecule has 5 rings (SSSR count). The zero-order valence-corrected chi connectivity index (χ0v) is 24.9.